The first-order chi connectivity index (χ1) is 13.9. The van der Waals surface area contributed by atoms with Crippen molar-refractivity contribution >= 4 is 29.6 Å². The van der Waals surface area contributed by atoms with Crippen LogP contribution in [0.3, 0.4) is 0 Å². The van der Waals surface area contributed by atoms with Crippen LogP contribution in [0.15, 0.2) is 42.5 Å². The quantitative estimate of drug-likeness (QED) is 0.319. The van der Waals surface area contributed by atoms with E-state index in [1.165, 1.54) is 6.92 Å². The van der Waals surface area contributed by atoms with Gasteiger partial charge in [-0.1, -0.05) is 30.4 Å². The van der Waals surface area contributed by atoms with Crippen LogP contribution in [0, 0.1) is 11.8 Å². The second-order valence-corrected chi connectivity index (χ2v) is 6.85. The molecule has 9 heteroatoms. The van der Waals surface area contributed by atoms with Gasteiger partial charge in [0.2, 0.25) is 11.8 Å². The molecular formula is C20H21N3O6. The number of nitrogens with one attached hydrogen (secondary N) is 2. The van der Waals surface area contributed by atoms with Crippen molar-refractivity contribution in [3.05, 3.63) is 48.0 Å². The van der Waals surface area contributed by atoms with Gasteiger partial charge in [-0.05, 0) is 31.9 Å². The van der Waals surface area contributed by atoms with E-state index in [4.69, 9.17) is 4.74 Å². The number of likely N-dealkylation sites (tertiary alicyclic amines) is 1. The molecule has 152 valence electrons. The molecule has 0 aromatic heterocycles. The molecule has 1 aromatic rings. The lowest BCUT2D eigenvalue weighted by Crippen LogP contribution is -2.47. The van der Waals surface area contributed by atoms with E-state index in [0.717, 1.165) is 4.90 Å². The zero-order valence-electron chi connectivity index (χ0n) is 15.8. The van der Waals surface area contributed by atoms with Gasteiger partial charge in [-0.3, -0.25) is 34.9 Å². The number of carbonyl (C=O) groups excluding carboxylic acids is 5. The maximum absolute atomic E-state index is 12.5. The number of hydrogen-bond donors (Lipinski definition) is 2. The summed E-state index contributed by atoms with van der Waals surface area (Å²) in [7, 11) is 0. The molecule has 1 saturated heterocycles. The first kappa shape index (κ1) is 20.2. The highest BCUT2D eigenvalue weighted by molar-refractivity contribution is 6.08. The van der Waals surface area contributed by atoms with E-state index in [-0.39, 0.29) is 0 Å². The fourth-order valence-corrected chi connectivity index (χ4v) is 3.39. The Labute approximate surface area is 167 Å². The van der Waals surface area contributed by atoms with Crippen LogP contribution in [0.25, 0.3) is 0 Å². The molecule has 1 aliphatic heterocycles. The highest BCUT2D eigenvalue weighted by atomic mass is 16.5. The maximum Gasteiger partial charge on any atom is 0.329 e. The monoisotopic (exact) mass is 399 g/mol. The molecular weight excluding hydrogens is 378 g/mol. The third-order valence-corrected chi connectivity index (χ3v) is 4.97. The maximum atomic E-state index is 12.5. The number of amides is 4. The van der Waals surface area contributed by atoms with Gasteiger partial charge in [-0.25, -0.2) is 4.79 Å². The Balaban J connectivity index is 1.47. The fourth-order valence-electron chi connectivity index (χ4n) is 3.39. The number of ether oxygens (including phenoxy) is 1. The second-order valence-electron chi connectivity index (χ2n) is 6.85. The van der Waals surface area contributed by atoms with Crippen LogP contribution in [0.1, 0.15) is 30.1 Å². The average Bonchev–Trinajstić information content (AvgIpc) is 3.00. The number of imide groups is 1. The van der Waals surface area contributed by atoms with Gasteiger partial charge < -0.3 is 4.74 Å². The Morgan fingerprint density at radius 1 is 1.03 bits per heavy atom. The lowest BCUT2D eigenvalue weighted by Gasteiger charge is -2.21. The summed E-state index contributed by atoms with van der Waals surface area (Å²) in [6.45, 7) is 0.723. The summed E-state index contributed by atoms with van der Waals surface area (Å²) in [5.41, 5.74) is 4.68. The smallest absolute Gasteiger partial charge is 0.329 e. The zero-order valence-corrected chi connectivity index (χ0v) is 15.8. The second kappa shape index (κ2) is 8.68. The summed E-state index contributed by atoms with van der Waals surface area (Å²) in [6.07, 6.45) is 4.65. The van der Waals surface area contributed by atoms with Gasteiger partial charge in [0.05, 0.1) is 11.8 Å². The summed E-state index contributed by atoms with van der Waals surface area (Å²) in [5, 5.41) is 0. The molecule has 3 rings (SSSR count). The molecule has 9 nitrogen and oxygen atoms in total. The van der Waals surface area contributed by atoms with E-state index in [1.54, 1.807) is 30.3 Å². The van der Waals surface area contributed by atoms with Gasteiger partial charge in [0.1, 0.15) is 6.04 Å². The van der Waals surface area contributed by atoms with Crippen LogP contribution in [-0.4, -0.2) is 47.1 Å². The molecule has 1 fully saturated rings. The Kier molecular flexibility index (Phi) is 6.06. The summed E-state index contributed by atoms with van der Waals surface area (Å²) in [5.74, 6) is -3.84. The van der Waals surface area contributed by atoms with Crippen LogP contribution in [0.2, 0.25) is 0 Å². The Hall–Kier alpha value is -3.49. The number of hydrazine groups is 1. The summed E-state index contributed by atoms with van der Waals surface area (Å²) in [4.78, 5) is 61.8. The number of carbonyl (C=O) groups is 5. The van der Waals surface area contributed by atoms with E-state index in [1.807, 2.05) is 12.2 Å². The Morgan fingerprint density at radius 2 is 1.62 bits per heavy atom. The minimum Gasteiger partial charge on any atom is -0.454 e. The predicted octanol–water partition coefficient (Wildman–Crippen LogP) is 0.330. The molecule has 0 radical (unpaired) electrons. The van der Waals surface area contributed by atoms with Crippen molar-refractivity contribution in [3.8, 4) is 0 Å². The van der Waals surface area contributed by atoms with Gasteiger partial charge in [-0.2, -0.15) is 0 Å². The van der Waals surface area contributed by atoms with Crippen LogP contribution < -0.4 is 10.9 Å². The molecule has 0 saturated carbocycles. The third-order valence-electron chi connectivity index (χ3n) is 4.97. The number of benzene rings is 1. The van der Waals surface area contributed by atoms with Crippen molar-refractivity contribution in [1.29, 1.82) is 0 Å². The molecule has 4 amide bonds. The molecule has 0 spiro atoms. The molecule has 0 unspecified atom stereocenters. The lowest BCUT2D eigenvalue weighted by molar-refractivity contribution is -0.159. The van der Waals surface area contributed by atoms with Crippen LogP contribution in [-0.2, 0) is 23.9 Å². The SMILES string of the molecule is C[C@@H](C(=O)OCC(=O)NNC(=O)c1ccccc1)N1C(=O)[C@H]2CC=CC[C@H]2C1=O. The van der Waals surface area contributed by atoms with Crippen LogP contribution in [0.5, 0.6) is 0 Å². The van der Waals surface area contributed by atoms with Crippen molar-refractivity contribution in [2.45, 2.75) is 25.8 Å². The van der Waals surface area contributed by atoms with Crippen molar-refractivity contribution in [2.75, 3.05) is 6.61 Å². The number of allylic oxidation sites excluding steroid dienone is 2. The summed E-state index contributed by atoms with van der Waals surface area (Å²) in [6, 6.07) is 7.10. The molecule has 2 N–H and O–H groups in total. The number of nitrogens with zero attached hydrogens (tertiary/aromatic N) is 1. The number of esters is 1. The van der Waals surface area contributed by atoms with Crippen LogP contribution in [0.4, 0.5) is 0 Å². The fraction of sp³-hybridized carbons (Fsp3) is 0.350. The van der Waals surface area contributed by atoms with Gasteiger partial charge in [0.15, 0.2) is 6.61 Å². The zero-order chi connectivity index (χ0) is 21.0. The summed E-state index contributed by atoms with van der Waals surface area (Å²) >= 11 is 0. The first-order valence-electron chi connectivity index (χ1n) is 9.23. The van der Waals surface area contributed by atoms with E-state index in [2.05, 4.69) is 10.9 Å². The van der Waals surface area contributed by atoms with Crippen molar-refractivity contribution in [3.63, 3.8) is 0 Å². The van der Waals surface area contributed by atoms with Gasteiger partial charge in [-0.15, -0.1) is 0 Å². The highest BCUT2D eigenvalue weighted by Gasteiger charge is 2.50. The van der Waals surface area contributed by atoms with Gasteiger partial charge in [0.25, 0.3) is 11.8 Å². The molecule has 1 heterocycles. The van der Waals surface area contributed by atoms with E-state index < -0.39 is 54.1 Å². The lowest BCUT2D eigenvalue weighted by atomic mass is 9.85. The number of rotatable bonds is 5. The number of hydrogen-bond acceptors (Lipinski definition) is 6. The molecule has 29 heavy (non-hydrogen) atoms. The average molecular weight is 399 g/mol. The van der Waals surface area contributed by atoms with Crippen molar-refractivity contribution in [1.82, 2.24) is 15.8 Å². The Bertz CT molecular complexity index is 840. The standard InChI is InChI=1S/C20H21N3O6/c1-12(23-18(26)14-9-5-6-10-15(14)19(23)27)20(28)29-11-16(24)21-22-17(25)13-7-3-2-4-8-13/h2-8,12,14-15H,9-11H2,1H3,(H,21,24)(H,22,25)/t12-,14-,15+/m0/s1. The molecule has 1 aliphatic carbocycles. The largest absolute Gasteiger partial charge is 0.454 e. The third kappa shape index (κ3) is 4.34. The van der Waals surface area contributed by atoms with Crippen molar-refractivity contribution in [2.24, 2.45) is 11.8 Å². The van der Waals surface area contributed by atoms with Gasteiger partial charge in [0, 0.05) is 5.56 Å². The van der Waals surface area contributed by atoms with Gasteiger partial charge >= 0.3 is 5.97 Å². The van der Waals surface area contributed by atoms with Crippen molar-refractivity contribution < 1.29 is 28.7 Å². The molecule has 1 aromatic carbocycles. The van der Waals surface area contributed by atoms with E-state index in [9.17, 15) is 24.0 Å². The first-order valence-corrected chi connectivity index (χ1v) is 9.23. The topological polar surface area (TPSA) is 122 Å². The molecule has 0 bridgehead atoms. The van der Waals surface area contributed by atoms with Crippen LogP contribution >= 0.6 is 0 Å². The summed E-state index contributed by atoms with van der Waals surface area (Å²) < 4.78 is 4.90. The Morgan fingerprint density at radius 3 is 2.21 bits per heavy atom. The minimum absolute atomic E-state index is 0.348. The number of fused-ring (bicyclic) bond motifs is 1. The normalized spacial score (nSPS) is 21.3. The molecule has 3 atom stereocenters. The molecule has 2 aliphatic rings. The van der Waals surface area contributed by atoms with E-state index >= 15 is 0 Å². The van der Waals surface area contributed by atoms with E-state index in [0.29, 0.717) is 18.4 Å². The highest BCUT2D eigenvalue weighted by Crippen LogP contribution is 2.36. The minimum atomic E-state index is -1.13. The predicted molar refractivity (Wildman–Crippen MR) is 99.7 cm³/mol.